The van der Waals surface area contributed by atoms with Gasteiger partial charge >= 0.3 is 10.1 Å². The first-order valence-electron chi connectivity index (χ1n) is 6.08. The second-order valence-electron chi connectivity index (χ2n) is 4.32. The van der Waals surface area contributed by atoms with E-state index < -0.39 is 15.6 Å². The van der Waals surface area contributed by atoms with Crippen molar-refractivity contribution in [1.29, 1.82) is 0 Å². The SMILES string of the molecule is COc1ccc(NC(=S)NN2C(C)=NNC2S(=O)(=O)O)cc1. The second kappa shape index (κ2) is 6.34. The molecule has 4 N–H and O–H groups in total. The van der Waals surface area contributed by atoms with Crippen LogP contribution < -0.4 is 20.9 Å². The lowest BCUT2D eigenvalue weighted by atomic mass is 10.3. The number of benzene rings is 1. The number of methoxy groups -OCH3 is 1. The summed E-state index contributed by atoms with van der Waals surface area (Å²) in [6.07, 6.45) is 0. The van der Waals surface area contributed by atoms with Crippen molar-refractivity contribution in [3.05, 3.63) is 24.3 Å². The maximum absolute atomic E-state index is 11.3. The molecule has 1 aliphatic heterocycles. The van der Waals surface area contributed by atoms with Crippen LogP contribution in [-0.2, 0) is 10.1 Å². The fourth-order valence-corrected chi connectivity index (χ4v) is 2.59. The molecule has 1 aromatic rings. The molecule has 1 aliphatic rings. The molecule has 22 heavy (non-hydrogen) atoms. The number of anilines is 1. The van der Waals surface area contributed by atoms with Crippen LogP contribution >= 0.6 is 12.2 Å². The minimum Gasteiger partial charge on any atom is -0.497 e. The average Bonchev–Trinajstić information content (AvgIpc) is 2.81. The molecule has 0 fully saturated rings. The Balaban J connectivity index is 2.02. The summed E-state index contributed by atoms with van der Waals surface area (Å²) in [5, 5.41) is 7.85. The molecule has 0 saturated heterocycles. The first-order valence-corrected chi connectivity index (χ1v) is 7.99. The van der Waals surface area contributed by atoms with Gasteiger partial charge in [-0.3, -0.25) is 15.4 Å². The molecule has 1 unspecified atom stereocenters. The summed E-state index contributed by atoms with van der Waals surface area (Å²) >= 11 is 5.11. The van der Waals surface area contributed by atoms with Crippen molar-refractivity contribution in [3.8, 4) is 5.75 Å². The van der Waals surface area contributed by atoms with E-state index in [1.54, 1.807) is 38.3 Å². The molecular formula is C11H15N5O4S2. The summed E-state index contributed by atoms with van der Waals surface area (Å²) in [6.45, 7) is 1.56. The largest absolute Gasteiger partial charge is 0.497 e. The van der Waals surface area contributed by atoms with Crippen molar-refractivity contribution in [2.24, 2.45) is 5.10 Å². The van der Waals surface area contributed by atoms with E-state index in [1.807, 2.05) is 0 Å². The Kier molecular flexibility index (Phi) is 4.68. The summed E-state index contributed by atoms with van der Waals surface area (Å²) in [7, 11) is -2.82. The van der Waals surface area contributed by atoms with Crippen LogP contribution in [0.5, 0.6) is 5.75 Å². The number of hydrazine groups is 1. The molecule has 0 bridgehead atoms. The zero-order valence-corrected chi connectivity index (χ0v) is 13.4. The first-order chi connectivity index (χ1) is 10.3. The van der Waals surface area contributed by atoms with E-state index in [0.717, 1.165) is 5.01 Å². The Bertz CT molecular complexity index is 689. The third-order valence-corrected chi connectivity index (χ3v) is 3.85. The predicted octanol–water partition coefficient (Wildman–Crippen LogP) is 0.307. The van der Waals surface area contributed by atoms with E-state index in [-0.39, 0.29) is 5.11 Å². The fraction of sp³-hybridized carbons (Fsp3) is 0.273. The van der Waals surface area contributed by atoms with E-state index in [2.05, 4.69) is 21.3 Å². The van der Waals surface area contributed by atoms with Crippen molar-refractivity contribution in [1.82, 2.24) is 15.9 Å². The van der Waals surface area contributed by atoms with Gasteiger partial charge in [0.2, 0.25) is 0 Å². The highest BCUT2D eigenvalue weighted by Gasteiger charge is 2.35. The fourth-order valence-electron chi connectivity index (χ4n) is 1.71. The minimum atomic E-state index is -4.38. The van der Waals surface area contributed by atoms with Gasteiger partial charge in [-0.05, 0) is 43.4 Å². The number of amidine groups is 1. The minimum absolute atomic E-state index is 0.136. The van der Waals surface area contributed by atoms with Crippen molar-refractivity contribution in [3.63, 3.8) is 0 Å². The van der Waals surface area contributed by atoms with E-state index in [0.29, 0.717) is 17.3 Å². The Hall–Kier alpha value is -2.11. The Morgan fingerprint density at radius 2 is 2.09 bits per heavy atom. The average molecular weight is 345 g/mol. The van der Waals surface area contributed by atoms with E-state index >= 15 is 0 Å². The molecular weight excluding hydrogens is 330 g/mol. The van der Waals surface area contributed by atoms with Gasteiger partial charge in [-0.25, -0.2) is 5.01 Å². The lowest BCUT2D eigenvalue weighted by Gasteiger charge is -2.25. The van der Waals surface area contributed by atoms with Crippen LogP contribution in [0.15, 0.2) is 29.4 Å². The molecule has 2 rings (SSSR count). The van der Waals surface area contributed by atoms with Gasteiger partial charge in [-0.1, -0.05) is 0 Å². The Labute approximate surface area is 133 Å². The zero-order chi connectivity index (χ0) is 16.3. The zero-order valence-electron chi connectivity index (χ0n) is 11.8. The quantitative estimate of drug-likeness (QED) is 0.452. The monoisotopic (exact) mass is 345 g/mol. The van der Waals surface area contributed by atoms with E-state index in [1.165, 1.54) is 0 Å². The van der Waals surface area contributed by atoms with Crippen LogP contribution in [0, 0.1) is 0 Å². The molecule has 1 heterocycles. The normalized spacial score (nSPS) is 17.5. The highest BCUT2D eigenvalue weighted by atomic mass is 32.2. The highest BCUT2D eigenvalue weighted by Crippen LogP contribution is 2.15. The van der Waals surface area contributed by atoms with Crippen LogP contribution in [0.25, 0.3) is 0 Å². The summed E-state index contributed by atoms with van der Waals surface area (Å²) in [5.41, 5.74) is 4.18. The smallest absolute Gasteiger partial charge is 0.309 e. The number of nitrogens with zero attached hydrogens (tertiary/aromatic N) is 2. The molecule has 0 aromatic heterocycles. The second-order valence-corrected chi connectivity index (χ2v) is 6.20. The van der Waals surface area contributed by atoms with Crippen molar-refractivity contribution >= 4 is 39.0 Å². The van der Waals surface area contributed by atoms with Gasteiger partial charge < -0.3 is 10.1 Å². The Morgan fingerprint density at radius 3 is 2.64 bits per heavy atom. The predicted molar refractivity (Wildman–Crippen MR) is 85.8 cm³/mol. The molecule has 11 heteroatoms. The topological polar surface area (TPSA) is 115 Å². The number of nitrogens with one attached hydrogen (secondary N) is 3. The summed E-state index contributed by atoms with van der Waals surface area (Å²) in [4.78, 5) is 0. The third-order valence-electron chi connectivity index (χ3n) is 2.77. The van der Waals surface area contributed by atoms with Gasteiger partial charge in [0.1, 0.15) is 11.6 Å². The van der Waals surface area contributed by atoms with Crippen LogP contribution in [0.1, 0.15) is 6.92 Å². The van der Waals surface area contributed by atoms with Crippen LogP contribution in [0.4, 0.5) is 5.69 Å². The number of ether oxygens (including phenoxy) is 1. The number of hydrogen-bond acceptors (Lipinski definition) is 7. The van der Waals surface area contributed by atoms with Gasteiger partial charge in [0, 0.05) is 5.69 Å². The lowest BCUT2D eigenvalue weighted by molar-refractivity contribution is 0.314. The summed E-state index contributed by atoms with van der Waals surface area (Å²) in [5.74, 6) is 1.00. The Morgan fingerprint density at radius 1 is 1.45 bits per heavy atom. The first kappa shape index (κ1) is 16.3. The van der Waals surface area contributed by atoms with Crippen LogP contribution in [-0.4, -0.2) is 41.5 Å². The maximum atomic E-state index is 11.3. The number of rotatable bonds is 4. The number of hydrazone groups is 1. The number of hydrogen-bond donors (Lipinski definition) is 4. The molecule has 0 saturated carbocycles. The molecule has 0 spiro atoms. The number of thiocarbonyl (C=S) groups is 1. The van der Waals surface area contributed by atoms with Gasteiger partial charge in [0.25, 0.3) is 5.50 Å². The van der Waals surface area contributed by atoms with Crippen molar-refractivity contribution < 1.29 is 17.7 Å². The standard InChI is InChI=1S/C11H15N5O4S2/c1-7-13-14-11(22(17,18)19)16(7)15-10(21)12-8-3-5-9(20-2)6-4-8/h3-6,11,14H,1-2H3,(H2,12,15,21)(H,17,18,19). The highest BCUT2D eigenvalue weighted by molar-refractivity contribution is 7.86. The summed E-state index contributed by atoms with van der Waals surface area (Å²) in [6, 6.07) is 6.98. The molecule has 0 radical (unpaired) electrons. The van der Waals surface area contributed by atoms with Gasteiger partial charge in [-0.15, -0.1) is 0 Å². The van der Waals surface area contributed by atoms with Crippen molar-refractivity contribution in [2.45, 2.75) is 12.4 Å². The molecule has 0 amide bonds. The molecule has 120 valence electrons. The van der Waals surface area contributed by atoms with E-state index in [9.17, 15) is 8.42 Å². The molecule has 0 aliphatic carbocycles. The summed E-state index contributed by atoms with van der Waals surface area (Å²) < 4.78 is 36.7. The maximum Gasteiger partial charge on any atom is 0.309 e. The molecule has 1 aromatic carbocycles. The van der Waals surface area contributed by atoms with E-state index in [4.69, 9.17) is 21.5 Å². The van der Waals surface area contributed by atoms with Crippen molar-refractivity contribution in [2.75, 3.05) is 12.4 Å². The molecule has 1 atom stereocenters. The van der Waals surface area contributed by atoms with Gasteiger partial charge in [-0.2, -0.15) is 13.5 Å². The lowest BCUT2D eigenvalue weighted by Crippen LogP contribution is -2.55. The van der Waals surface area contributed by atoms with Crippen LogP contribution in [0.2, 0.25) is 0 Å². The van der Waals surface area contributed by atoms with Gasteiger partial charge in [0.15, 0.2) is 5.11 Å². The van der Waals surface area contributed by atoms with Crippen LogP contribution in [0.3, 0.4) is 0 Å². The third kappa shape index (κ3) is 3.75. The molecule has 9 nitrogen and oxygen atoms in total. The van der Waals surface area contributed by atoms with Gasteiger partial charge in [0.05, 0.1) is 7.11 Å².